The molecule has 1 aliphatic rings. The van der Waals surface area contributed by atoms with Crippen molar-refractivity contribution < 1.29 is 4.79 Å². The van der Waals surface area contributed by atoms with E-state index < -0.39 is 0 Å². The molecule has 2 aromatic rings. The molecule has 3 heterocycles. The molecule has 8 heteroatoms. The highest BCUT2D eigenvalue weighted by Gasteiger charge is 2.29. The molecule has 1 aliphatic heterocycles. The molecule has 24 heavy (non-hydrogen) atoms. The van der Waals surface area contributed by atoms with E-state index in [2.05, 4.69) is 41.3 Å². The number of hydrogen-bond donors (Lipinski definition) is 1. The minimum Gasteiger partial charge on any atom is -0.335 e. The summed E-state index contributed by atoms with van der Waals surface area (Å²) in [5, 5.41) is 13.2. The molecule has 0 radical (unpaired) electrons. The first-order valence-electron chi connectivity index (χ1n) is 8.26. The number of imidazole rings is 1. The zero-order valence-electron chi connectivity index (χ0n) is 14.4. The summed E-state index contributed by atoms with van der Waals surface area (Å²) in [5.41, 5.74) is -0.00915. The fourth-order valence-electron chi connectivity index (χ4n) is 2.81. The number of carbonyl (C=O) groups excluding carboxylic acids is 1. The Bertz CT molecular complexity index is 675. The highest BCUT2D eigenvalue weighted by atomic mass is 32.1. The molecular weight excluding hydrogens is 324 g/mol. The first kappa shape index (κ1) is 16.9. The normalized spacial score (nSPS) is 18.1. The molecule has 0 aromatic carbocycles. The minimum atomic E-state index is -0.0230. The summed E-state index contributed by atoms with van der Waals surface area (Å²) in [6.45, 7) is 8.36. The van der Waals surface area contributed by atoms with Gasteiger partial charge in [0.2, 0.25) is 0 Å². The van der Waals surface area contributed by atoms with E-state index in [0.717, 1.165) is 35.9 Å². The highest BCUT2D eigenvalue weighted by Crippen LogP contribution is 2.25. The zero-order valence-corrected chi connectivity index (χ0v) is 15.2. The van der Waals surface area contributed by atoms with Crippen molar-refractivity contribution in [2.24, 2.45) is 0 Å². The Balaban J connectivity index is 1.55. The predicted octanol–water partition coefficient (Wildman–Crippen LogP) is 2.41. The van der Waals surface area contributed by atoms with E-state index in [0.29, 0.717) is 6.54 Å². The average Bonchev–Trinajstić information content (AvgIpc) is 3.26. The maximum atomic E-state index is 12.5. The maximum Gasteiger partial charge on any atom is 0.318 e. The number of likely N-dealkylation sites (tertiary alicyclic amines) is 1. The Labute approximate surface area is 146 Å². The Morgan fingerprint density at radius 1 is 1.42 bits per heavy atom. The molecule has 7 nitrogen and oxygen atoms in total. The zero-order chi connectivity index (χ0) is 17.2. The molecule has 3 rings (SSSR count). The van der Waals surface area contributed by atoms with Crippen LogP contribution in [0.4, 0.5) is 4.79 Å². The molecule has 0 spiro atoms. The van der Waals surface area contributed by atoms with Gasteiger partial charge < -0.3 is 14.8 Å². The molecule has 1 atom stereocenters. The van der Waals surface area contributed by atoms with Gasteiger partial charge in [-0.1, -0.05) is 32.1 Å². The Morgan fingerprint density at radius 2 is 2.25 bits per heavy atom. The molecule has 0 saturated carbocycles. The van der Waals surface area contributed by atoms with Crippen LogP contribution in [0.1, 0.15) is 43.6 Å². The smallest absolute Gasteiger partial charge is 0.318 e. The summed E-state index contributed by atoms with van der Waals surface area (Å²) in [6.07, 6.45) is 7.56. The van der Waals surface area contributed by atoms with E-state index in [1.165, 1.54) is 0 Å². The molecule has 0 bridgehead atoms. The lowest BCUT2D eigenvalue weighted by molar-refractivity contribution is 0.187. The van der Waals surface area contributed by atoms with Gasteiger partial charge in [0.25, 0.3) is 0 Å². The highest BCUT2D eigenvalue weighted by molar-refractivity contribution is 7.11. The average molecular weight is 348 g/mol. The van der Waals surface area contributed by atoms with E-state index in [-0.39, 0.29) is 17.5 Å². The topological polar surface area (TPSA) is 75.9 Å². The van der Waals surface area contributed by atoms with Gasteiger partial charge in [-0.2, -0.15) is 0 Å². The van der Waals surface area contributed by atoms with Crippen LogP contribution in [0.25, 0.3) is 0 Å². The Hall–Kier alpha value is -1.96. The van der Waals surface area contributed by atoms with Crippen molar-refractivity contribution in [3.8, 4) is 0 Å². The van der Waals surface area contributed by atoms with Crippen LogP contribution >= 0.6 is 11.3 Å². The molecule has 2 amide bonds. The molecule has 2 aromatic heterocycles. The van der Waals surface area contributed by atoms with Crippen molar-refractivity contribution in [2.45, 2.75) is 58.2 Å². The van der Waals surface area contributed by atoms with Gasteiger partial charge >= 0.3 is 6.03 Å². The van der Waals surface area contributed by atoms with Gasteiger partial charge in [-0.25, -0.2) is 9.78 Å². The SMILES string of the molecule is CC(C)(C)c1nnc(CNC(=O)N2CCCC2Cn2ccnc2)s1. The number of urea groups is 1. The molecule has 1 unspecified atom stereocenters. The van der Waals surface area contributed by atoms with Crippen LogP contribution in [-0.2, 0) is 18.5 Å². The van der Waals surface area contributed by atoms with Crippen molar-refractivity contribution in [3.63, 3.8) is 0 Å². The van der Waals surface area contributed by atoms with Crippen molar-refractivity contribution in [1.29, 1.82) is 0 Å². The lowest BCUT2D eigenvalue weighted by Crippen LogP contribution is -2.44. The monoisotopic (exact) mass is 348 g/mol. The van der Waals surface area contributed by atoms with E-state index in [9.17, 15) is 4.79 Å². The number of aromatic nitrogens is 4. The van der Waals surface area contributed by atoms with E-state index in [4.69, 9.17) is 0 Å². The molecule has 1 fully saturated rings. The Morgan fingerprint density at radius 3 is 2.92 bits per heavy atom. The fraction of sp³-hybridized carbons (Fsp3) is 0.625. The summed E-state index contributed by atoms with van der Waals surface area (Å²) >= 11 is 1.56. The van der Waals surface area contributed by atoms with E-state index >= 15 is 0 Å². The fourth-order valence-corrected chi connectivity index (χ4v) is 3.65. The van der Waals surface area contributed by atoms with Crippen LogP contribution in [0.2, 0.25) is 0 Å². The number of nitrogens with one attached hydrogen (secondary N) is 1. The van der Waals surface area contributed by atoms with Crippen molar-refractivity contribution in [3.05, 3.63) is 28.7 Å². The van der Waals surface area contributed by atoms with Crippen LogP contribution in [0.3, 0.4) is 0 Å². The summed E-state index contributed by atoms with van der Waals surface area (Å²) in [5.74, 6) is 0. The number of carbonyl (C=O) groups is 1. The second-order valence-electron chi connectivity index (χ2n) is 7.16. The van der Waals surface area contributed by atoms with Gasteiger partial charge in [-0.15, -0.1) is 10.2 Å². The number of hydrogen-bond acceptors (Lipinski definition) is 5. The van der Waals surface area contributed by atoms with Gasteiger partial charge in [-0.05, 0) is 12.8 Å². The number of amides is 2. The quantitative estimate of drug-likeness (QED) is 0.920. The largest absolute Gasteiger partial charge is 0.335 e. The third kappa shape index (κ3) is 3.92. The van der Waals surface area contributed by atoms with Gasteiger partial charge in [-0.3, -0.25) is 0 Å². The van der Waals surface area contributed by atoms with E-state index in [1.807, 2.05) is 15.7 Å². The molecule has 130 valence electrons. The third-order valence-corrected chi connectivity index (χ3v) is 5.47. The summed E-state index contributed by atoms with van der Waals surface area (Å²) in [4.78, 5) is 18.5. The lowest BCUT2D eigenvalue weighted by Gasteiger charge is -2.25. The maximum absolute atomic E-state index is 12.5. The lowest BCUT2D eigenvalue weighted by atomic mass is 9.98. The number of rotatable bonds is 4. The predicted molar refractivity (Wildman–Crippen MR) is 92.8 cm³/mol. The van der Waals surface area contributed by atoms with Crippen LogP contribution in [0.15, 0.2) is 18.7 Å². The first-order valence-corrected chi connectivity index (χ1v) is 9.08. The van der Waals surface area contributed by atoms with E-state index in [1.54, 1.807) is 23.9 Å². The van der Waals surface area contributed by atoms with Crippen molar-refractivity contribution in [2.75, 3.05) is 6.54 Å². The van der Waals surface area contributed by atoms with Crippen molar-refractivity contribution >= 4 is 17.4 Å². The summed E-state index contributed by atoms with van der Waals surface area (Å²) in [7, 11) is 0. The van der Waals surface area contributed by atoms with Gasteiger partial charge in [0.05, 0.1) is 18.9 Å². The molecule has 1 N–H and O–H groups in total. The number of nitrogens with zero attached hydrogens (tertiary/aromatic N) is 5. The second kappa shape index (κ2) is 6.88. The minimum absolute atomic E-state index is 0.00915. The summed E-state index contributed by atoms with van der Waals surface area (Å²) < 4.78 is 2.02. The molecular formula is C16H24N6OS. The van der Waals surface area contributed by atoms with Crippen LogP contribution in [0.5, 0.6) is 0 Å². The third-order valence-electron chi connectivity index (χ3n) is 4.12. The standard InChI is InChI=1S/C16H24N6OS/c1-16(2,3)14-20-19-13(24-14)9-18-15(23)22-7-4-5-12(22)10-21-8-6-17-11-21/h6,8,11-12H,4-5,7,9-10H2,1-3H3,(H,18,23). The van der Waals surface area contributed by atoms with Gasteiger partial charge in [0.15, 0.2) is 0 Å². The molecule has 1 saturated heterocycles. The van der Waals surface area contributed by atoms with Crippen molar-refractivity contribution in [1.82, 2.24) is 30.0 Å². The van der Waals surface area contributed by atoms with Crippen LogP contribution in [-0.4, -0.2) is 43.3 Å². The van der Waals surface area contributed by atoms with Crippen LogP contribution in [0, 0.1) is 0 Å². The Kier molecular flexibility index (Phi) is 4.84. The van der Waals surface area contributed by atoms with Gasteiger partial charge in [0.1, 0.15) is 10.0 Å². The first-order chi connectivity index (χ1) is 11.4. The second-order valence-corrected chi connectivity index (χ2v) is 8.22. The summed E-state index contributed by atoms with van der Waals surface area (Å²) in [6, 6.07) is 0.198. The van der Waals surface area contributed by atoms with Gasteiger partial charge in [0, 0.05) is 30.9 Å². The van der Waals surface area contributed by atoms with Crippen LogP contribution < -0.4 is 5.32 Å². The molecule has 0 aliphatic carbocycles.